The molecule has 0 spiro atoms. The number of hydrogen-bond donors (Lipinski definition) is 1. The minimum Gasteiger partial charge on any atom is -0.396 e. The number of hydrogen-bond acceptors (Lipinski definition) is 2. The molecule has 2 nitrogen and oxygen atoms in total. The maximum absolute atomic E-state index is 10.8. The van der Waals surface area contributed by atoms with Crippen LogP contribution in [0.5, 0.6) is 0 Å². The molecule has 82 valence electrons. The van der Waals surface area contributed by atoms with Crippen LogP contribution in [0.25, 0.3) is 0 Å². The highest BCUT2D eigenvalue weighted by Gasteiger charge is 1.97. The molecule has 0 aromatic heterocycles. The van der Waals surface area contributed by atoms with Gasteiger partial charge in [-0.3, -0.25) is 0 Å². The summed E-state index contributed by atoms with van der Waals surface area (Å²) >= 11 is 0. The van der Waals surface area contributed by atoms with Gasteiger partial charge in [0.25, 0.3) is 0 Å². The Hall–Kier alpha value is -1.15. The fourth-order valence-electron chi connectivity index (χ4n) is 1.48. The van der Waals surface area contributed by atoms with Gasteiger partial charge < -0.3 is 9.90 Å². The molecule has 0 saturated heterocycles. The molecule has 0 unspecified atom stereocenters. The predicted molar refractivity (Wildman–Crippen MR) is 60.9 cm³/mol. The van der Waals surface area contributed by atoms with E-state index in [-0.39, 0.29) is 12.4 Å². The molecule has 1 aromatic carbocycles. The second-order valence-electron chi connectivity index (χ2n) is 3.85. The van der Waals surface area contributed by atoms with Gasteiger partial charge >= 0.3 is 0 Å². The lowest BCUT2D eigenvalue weighted by Crippen LogP contribution is -1.95. The number of rotatable bonds is 6. The Morgan fingerprint density at radius 2 is 1.67 bits per heavy atom. The van der Waals surface area contributed by atoms with Crippen molar-refractivity contribution in [2.75, 3.05) is 6.61 Å². The van der Waals surface area contributed by atoms with Crippen LogP contribution >= 0.6 is 0 Å². The molecular weight excluding hydrogens is 188 g/mol. The summed E-state index contributed by atoms with van der Waals surface area (Å²) in [6.07, 6.45) is 3.18. The molecule has 0 fully saturated rings. The average molecular weight is 206 g/mol. The zero-order valence-corrected chi connectivity index (χ0v) is 9.20. The zero-order chi connectivity index (χ0) is 11.1. The highest BCUT2D eigenvalue weighted by Crippen LogP contribution is 2.08. The number of aliphatic hydroxyl groups is 1. The van der Waals surface area contributed by atoms with Gasteiger partial charge in [0, 0.05) is 13.0 Å². The van der Waals surface area contributed by atoms with Crippen molar-refractivity contribution in [1.82, 2.24) is 0 Å². The molecule has 0 aliphatic carbocycles. The van der Waals surface area contributed by atoms with Crippen molar-refractivity contribution in [3.63, 3.8) is 0 Å². The molecule has 0 atom stereocenters. The Morgan fingerprint density at radius 3 is 2.13 bits per heavy atom. The summed E-state index contributed by atoms with van der Waals surface area (Å²) in [5.41, 5.74) is 2.45. The first-order chi connectivity index (χ1) is 7.22. The van der Waals surface area contributed by atoms with Crippen LogP contribution < -0.4 is 0 Å². The highest BCUT2D eigenvalue weighted by atomic mass is 16.2. The van der Waals surface area contributed by atoms with Crippen LogP contribution in [-0.2, 0) is 17.6 Å². The SMILES string of the molecule is CC(=O)CCc1ccc(CCCO)cc1. The van der Waals surface area contributed by atoms with Crippen LogP contribution in [0.3, 0.4) is 0 Å². The number of carbonyl (C=O) groups excluding carboxylic acids is 1. The molecule has 0 aliphatic heterocycles. The summed E-state index contributed by atoms with van der Waals surface area (Å²) in [4.78, 5) is 10.8. The van der Waals surface area contributed by atoms with Gasteiger partial charge in [0.1, 0.15) is 5.78 Å². The monoisotopic (exact) mass is 206 g/mol. The minimum atomic E-state index is 0.236. The first kappa shape index (κ1) is 11.9. The molecule has 0 saturated carbocycles. The first-order valence-corrected chi connectivity index (χ1v) is 5.40. The summed E-state index contributed by atoms with van der Waals surface area (Å²) in [5, 5.41) is 8.69. The van der Waals surface area contributed by atoms with E-state index in [0.717, 1.165) is 19.3 Å². The van der Waals surface area contributed by atoms with E-state index in [2.05, 4.69) is 24.3 Å². The number of carbonyl (C=O) groups is 1. The lowest BCUT2D eigenvalue weighted by atomic mass is 10.0. The highest BCUT2D eigenvalue weighted by molar-refractivity contribution is 5.75. The van der Waals surface area contributed by atoms with Crippen molar-refractivity contribution < 1.29 is 9.90 Å². The molecule has 2 heteroatoms. The molecule has 1 aromatic rings. The second kappa shape index (κ2) is 6.36. The Balaban J connectivity index is 2.45. The van der Waals surface area contributed by atoms with E-state index in [0.29, 0.717) is 6.42 Å². The van der Waals surface area contributed by atoms with Crippen LogP contribution in [0.1, 0.15) is 30.9 Å². The van der Waals surface area contributed by atoms with Crippen LogP contribution in [-0.4, -0.2) is 17.5 Å². The first-order valence-electron chi connectivity index (χ1n) is 5.40. The van der Waals surface area contributed by atoms with Crippen molar-refractivity contribution in [2.24, 2.45) is 0 Å². The quantitative estimate of drug-likeness (QED) is 0.774. The summed E-state index contributed by atoms with van der Waals surface area (Å²) in [7, 11) is 0. The molecule has 0 heterocycles. The third-order valence-corrected chi connectivity index (χ3v) is 2.41. The number of aryl methyl sites for hydroxylation is 2. The molecule has 0 bridgehead atoms. The third-order valence-electron chi connectivity index (χ3n) is 2.41. The maximum atomic E-state index is 10.8. The Labute approximate surface area is 90.9 Å². The summed E-state index contributed by atoms with van der Waals surface area (Å²) in [6, 6.07) is 8.28. The number of Topliss-reactive ketones (excluding diaryl/α,β-unsaturated/α-hetero) is 1. The molecule has 0 amide bonds. The predicted octanol–water partition coefficient (Wildman–Crippen LogP) is 2.13. The van der Waals surface area contributed by atoms with E-state index in [1.165, 1.54) is 11.1 Å². The molecular formula is C13H18O2. The molecule has 1 N–H and O–H groups in total. The van der Waals surface area contributed by atoms with E-state index < -0.39 is 0 Å². The van der Waals surface area contributed by atoms with Crippen LogP contribution in [0.2, 0.25) is 0 Å². The van der Waals surface area contributed by atoms with Gasteiger partial charge in [-0.2, -0.15) is 0 Å². The molecule has 15 heavy (non-hydrogen) atoms. The normalized spacial score (nSPS) is 10.3. The van der Waals surface area contributed by atoms with Gasteiger partial charge in [0.05, 0.1) is 0 Å². The zero-order valence-electron chi connectivity index (χ0n) is 9.20. The lowest BCUT2D eigenvalue weighted by Gasteiger charge is -2.02. The van der Waals surface area contributed by atoms with E-state index in [9.17, 15) is 4.79 Å². The number of ketones is 1. The standard InChI is InChI=1S/C13H18O2/c1-11(15)4-5-13-8-6-12(7-9-13)3-2-10-14/h6-9,14H,2-5,10H2,1H3. The fourth-order valence-corrected chi connectivity index (χ4v) is 1.48. The van der Waals surface area contributed by atoms with Crippen molar-refractivity contribution >= 4 is 5.78 Å². The fraction of sp³-hybridized carbons (Fsp3) is 0.462. The van der Waals surface area contributed by atoms with Gasteiger partial charge in [-0.15, -0.1) is 0 Å². The largest absolute Gasteiger partial charge is 0.396 e. The third kappa shape index (κ3) is 4.75. The number of aliphatic hydroxyl groups excluding tert-OH is 1. The average Bonchev–Trinajstić information content (AvgIpc) is 2.25. The Kier molecular flexibility index (Phi) is 5.05. The minimum absolute atomic E-state index is 0.236. The smallest absolute Gasteiger partial charge is 0.130 e. The van der Waals surface area contributed by atoms with Crippen LogP contribution in [0.15, 0.2) is 24.3 Å². The summed E-state index contributed by atoms with van der Waals surface area (Å²) in [6.45, 7) is 1.86. The topological polar surface area (TPSA) is 37.3 Å². The Bertz CT molecular complexity index is 301. The van der Waals surface area contributed by atoms with E-state index in [4.69, 9.17) is 5.11 Å². The van der Waals surface area contributed by atoms with Gasteiger partial charge in [0.2, 0.25) is 0 Å². The van der Waals surface area contributed by atoms with Crippen molar-refractivity contribution in [3.05, 3.63) is 35.4 Å². The summed E-state index contributed by atoms with van der Waals surface area (Å²) in [5.74, 6) is 0.236. The van der Waals surface area contributed by atoms with Crippen molar-refractivity contribution in [2.45, 2.75) is 32.6 Å². The second-order valence-corrected chi connectivity index (χ2v) is 3.85. The van der Waals surface area contributed by atoms with Crippen molar-refractivity contribution in [3.8, 4) is 0 Å². The molecule has 1 rings (SSSR count). The van der Waals surface area contributed by atoms with E-state index in [1.807, 2.05) is 0 Å². The van der Waals surface area contributed by atoms with Gasteiger partial charge in [-0.25, -0.2) is 0 Å². The molecule has 0 radical (unpaired) electrons. The van der Waals surface area contributed by atoms with Crippen LogP contribution in [0, 0.1) is 0 Å². The maximum Gasteiger partial charge on any atom is 0.130 e. The molecule has 0 aliphatic rings. The van der Waals surface area contributed by atoms with E-state index >= 15 is 0 Å². The van der Waals surface area contributed by atoms with Gasteiger partial charge in [-0.1, -0.05) is 24.3 Å². The lowest BCUT2D eigenvalue weighted by molar-refractivity contribution is -0.116. The van der Waals surface area contributed by atoms with Gasteiger partial charge in [-0.05, 0) is 37.3 Å². The Morgan fingerprint density at radius 1 is 1.13 bits per heavy atom. The van der Waals surface area contributed by atoms with Gasteiger partial charge in [0.15, 0.2) is 0 Å². The summed E-state index contributed by atoms with van der Waals surface area (Å²) < 4.78 is 0. The van der Waals surface area contributed by atoms with E-state index in [1.54, 1.807) is 6.92 Å². The van der Waals surface area contributed by atoms with Crippen molar-refractivity contribution in [1.29, 1.82) is 0 Å². The number of benzene rings is 1. The van der Waals surface area contributed by atoms with Crippen LogP contribution in [0.4, 0.5) is 0 Å².